The summed E-state index contributed by atoms with van der Waals surface area (Å²) in [7, 11) is 0. The summed E-state index contributed by atoms with van der Waals surface area (Å²) < 4.78 is 11.1. The molecule has 1 aromatic heterocycles. The highest BCUT2D eigenvalue weighted by Crippen LogP contribution is 2.08. The van der Waals surface area contributed by atoms with Crippen LogP contribution < -0.4 is 10.1 Å². The Morgan fingerprint density at radius 1 is 1.39 bits per heavy atom. The van der Waals surface area contributed by atoms with Crippen molar-refractivity contribution in [3.05, 3.63) is 16.9 Å². The van der Waals surface area contributed by atoms with Crippen molar-refractivity contribution in [2.24, 2.45) is 0 Å². The van der Waals surface area contributed by atoms with Crippen molar-refractivity contribution in [2.45, 2.75) is 26.4 Å². The fraction of sp³-hybridized carbons (Fsp3) is 0.545. The fourth-order valence-corrected chi connectivity index (χ4v) is 1.19. The maximum atomic E-state index is 11.3. The molecule has 0 spiro atoms. The highest BCUT2D eigenvalue weighted by atomic mass is 79.9. The van der Waals surface area contributed by atoms with Crippen LogP contribution in [0.25, 0.3) is 0 Å². The number of carbonyl (C=O) groups excluding carboxylic acids is 1. The molecule has 18 heavy (non-hydrogen) atoms. The van der Waals surface area contributed by atoms with Crippen molar-refractivity contribution >= 4 is 22.0 Å². The summed E-state index contributed by atoms with van der Waals surface area (Å²) in [4.78, 5) is 19.1. The molecule has 7 heteroatoms. The topological polar surface area (TPSA) is 73.3 Å². The Kier molecular flexibility index (Phi) is 5.33. The van der Waals surface area contributed by atoms with Crippen LogP contribution in [-0.4, -0.2) is 34.8 Å². The number of alkyl carbamates (subject to hydrolysis) is 1. The Morgan fingerprint density at radius 2 is 2.00 bits per heavy atom. The number of nitrogens with one attached hydrogen (secondary N) is 1. The minimum Gasteiger partial charge on any atom is -0.462 e. The predicted octanol–water partition coefficient (Wildman–Crippen LogP) is 2.14. The molecule has 100 valence electrons. The lowest BCUT2D eigenvalue weighted by Gasteiger charge is -2.19. The van der Waals surface area contributed by atoms with E-state index in [9.17, 15) is 4.79 Å². The van der Waals surface area contributed by atoms with Gasteiger partial charge in [0.2, 0.25) is 0 Å². The Balaban J connectivity index is 2.19. The summed E-state index contributed by atoms with van der Waals surface area (Å²) in [5.74, 6) is 0. The van der Waals surface area contributed by atoms with E-state index in [1.54, 1.807) is 33.2 Å². The molecule has 0 radical (unpaired) electrons. The van der Waals surface area contributed by atoms with Gasteiger partial charge in [0, 0.05) is 12.4 Å². The van der Waals surface area contributed by atoms with Crippen LogP contribution in [0.15, 0.2) is 16.9 Å². The summed E-state index contributed by atoms with van der Waals surface area (Å²) in [6.45, 7) is 6.02. The Labute approximate surface area is 114 Å². The third-order valence-corrected chi connectivity index (χ3v) is 2.01. The van der Waals surface area contributed by atoms with E-state index >= 15 is 0 Å². The van der Waals surface area contributed by atoms with Crippen molar-refractivity contribution in [2.75, 3.05) is 13.2 Å². The molecule has 0 unspecified atom stereocenters. The van der Waals surface area contributed by atoms with E-state index in [1.165, 1.54) is 0 Å². The van der Waals surface area contributed by atoms with Gasteiger partial charge in [-0.1, -0.05) is 0 Å². The summed E-state index contributed by atoms with van der Waals surface area (Å²) in [6, 6.07) is 0.268. The average molecular weight is 318 g/mol. The van der Waals surface area contributed by atoms with Crippen LogP contribution >= 0.6 is 15.9 Å². The molecule has 1 rings (SSSR count). The molecule has 1 aromatic rings. The first-order valence-electron chi connectivity index (χ1n) is 5.44. The van der Waals surface area contributed by atoms with Crippen molar-refractivity contribution in [1.82, 2.24) is 15.3 Å². The van der Waals surface area contributed by atoms with Crippen LogP contribution in [0.2, 0.25) is 0 Å². The van der Waals surface area contributed by atoms with Crippen LogP contribution in [0.5, 0.6) is 6.01 Å². The summed E-state index contributed by atoms with van der Waals surface area (Å²) in [5.41, 5.74) is -0.500. The zero-order valence-corrected chi connectivity index (χ0v) is 12.2. The number of rotatable bonds is 4. The van der Waals surface area contributed by atoms with Crippen molar-refractivity contribution in [3.63, 3.8) is 0 Å². The van der Waals surface area contributed by atoms with Crippen LogP contribution in [-0.2, 0) is 4.74 Å². The summed E-state index contributed by atoms with van der Waals surface area (Å²) in [6.07, 6.45) is 2.70. The largest absolute Gasteiger partial charge is 0.462 e. The second kappa shape index (κ2) is 6.53. The van der Waals surface area contributed by atoms with Crippen LogP contribution in [0.4, 0.5) is 4.79 Å². The third-order valence-electron chi connectivity index (χ3n) is 1.60. The third kappa shape index (κ3) is 6.39. The fourth-order valence-electron chi connectivity index (χ4n) is 0.985. The molecule has 1 N–H and O–H groups in total. The first-order chi connectivity index (χ1) is 8.37. The lowest BCUT2D eigenvalue weighted by Crippen LogP contribution is -2.34. The van der Waals surface area contributed by atoms with E-state index in [0.29, 0.717) is 6.54 Å². The molecule has 0 aliphatic heterocycles. The second-order valence-corrected chi connectivity index (χ2v) is 5.38. The molecular weight excluding hydrogens is 302 g/mol. The molecular formula is C11H16BrN3O3. The van der Waals surface area contributed by atoms with Gasteiger partial charge in [-0.3, -0.25) is 0 Å². The minimum atomic E-state index is -0.500. The smallest absolute Gasteiger partial charge is 0.407 e. The number of hydrogen-bond donors (Lipinski definition) is 1. The van der Waals surface area contributed by atoms with Crippen LogP contribution in [0, 0.1) is 0 Å². The molecule has 0 bridgehead atoms. The summed E-state index contributed by atoms with van der Waals surface area (Å²) in [5, 5.41) is 2.57. The molecule has 1 heterocycles. The van der Waals surface area contributed by atoms with Crippen LogP contribution in [0.3, 0.4) is 0 Å². The molecule has 0 aliphatic rings. The van der Waals surface area contributed by atoms with E-state index in [4.69, 9.17) is 9.47 Å². The number of aromatic nitrogens is 2. The van der Waals surface area contributed by atoms with Gasteiger partial charge in [0.1, 0.15) is 12.2 Å². The van der Waals surface area contributed by atoms with Gasteiger partial charge in [-0.05, 0) is 36.7 Å². The van der Waals surface area contributed by atoms with E-state index in [1.807, 2.05) is 0 Å². The molecule has 0 saturated carbocycles. The van der Waals surface area contributed by atoms with Gasteiger partial charge < -0.3 is 14.8 Å². The van der Waals surface area contributed by atoms with E-state index in [2.05, 4.69) is 31.2 Å². The second-order valence-electron chi connectivity index (χ2n) is 4.46. The molecule has 0 fully saturated rings. The van der Waals surface area contributed by atoms with Gasteiger partial charge in [-0.25, -0.2) is 14.8 Å². The maximum absolute atomic E-state index is 11.3. The van der Waals surface area contributed by atoms with E-state index in [0.717, 1.165) is 4.47 Å². The lowest BCUT2D eigenvalue weighted by molar-refractivity contribution is 0.0519. The molecule has 1 amide bonds. The number of amides is 1. The number of halogens is 1. The number of nitrogens with zero attached hydrogens (tertiary/aromatic N) is 2. The van der Waals surface area contributed by atoms with Gasteiger partial charge in [0.15, 0.2) is 0 Å². The Morgan fingerprint density at radius 3 is 2.56 bits per heavy atom. The SMILES string of the molecule is CC(C)(C)OC(=O)NCCOc1ncc(Br)cn1. The highest BCUT2D eigenvalue weighted by molar-refractivity contribution is 9.10. The molecule has 0 aliphatic carbocycles. The van der Waals surface area contributed by atoms with Crippen LogP contribution in [0.1, 0.15) is 20.8 Å². The van der Waals surface area contributed by atoms with Gasteiger partial charge in [0.05, 0.1) is 11.0 Å². The first-order valence-corrected chi connectivity index (χ1v) is 6.23. The van der Waals surface area contributed by atoms with E-state index < -0.39 is 11.7 Å². The van der Waals surface area contributed by atoms with Gasteiger partial charge >= 0.3 is 12.1 Å². The predicted molar refractivity (Wildman–Crippen MR) is 69.5 cm³/mol. The standard InChI is InChI=1S/C11H16BrN3O3/c1-11(2,3)18-10(16)13-4-5-17-9-14-6-8(12)7-15-9/h6-7H,4-5H2,1-3H3,(H,13,16). The van der Waals surface area contributed by atoms with Crippen molar-refractivity contribution < 1.29 is 14.3 Å². The van der Waals surface area contributed by atoms with Gasteiger partial charge in [0.25, 0.3) is 0 Å². The molecule has 0 saturated heterocycles. The van der Waals surface area contributed by atoms with E-state index in [-0.39, 0.29) is 12.6 Å². The molecule has 6 nitrogen and oxygen atoms in total. The number of ether oxygens (including phenoxy) is 2. The van der Waals surface area contributed by atoms with Crippen molar-refractivity contribution in [1.29, 1.82) is 0 Å². The summed E-state index contributed by atoms with van der Waals surface area (Å²) >= 11 is 3.22. The molecule has 0 atom stereocenters. The zero-order valence-electron chi connectivity index (χ0n) is 10.6. The lowest BCUT2D eigenvalue weighted by atomic mass is 10.2. The quantitative estimate of drug-likeness (QED) is 0.861. The Bertz CT molecular complexity index is 390. The monoisotopic (exact) mass is 317 g/mol. The molecule has 0 aromatic carbocycles. The average Bonchev–Trinajstić information content (AvgIpc) is 2.24. The highest BCUT2D eigenvalue weighted by Gasteiger charge is 2.15. The Hall–Kier alpha value is -1.37. The number of hydrogen-bond acceptors (Lipinski definition) is 5. The van der Waals surface area contributed by atoms with Gasteiger partial charge in [-0.15, -0.1) is 0 Å². The van der Waals surface area contributed by atoms with Crippen molar-refractivity contribution in [3.8, 4) is 6.01 Å². The maximum Gasteiger partial charge on any atom is 0.407 e. The minimum absolute atomic E-state index is 0.268. The number of carbonyl (C=O) groups is 1. The first kappa shape index (κ1) is 14.7. The zero-order chi connectivity index (χ0) is 13.6. The van der Waals surface area contributed by atoms with Gasteiger partial charge in [-0.2, -0.15) is 0 Å². The normalized spacial score (nSPS) is 10.9.